The van der Waals surface area contributed by atoms with Crippen molar-refractivity contribution >= 4 is 16.1 Å². The van der Waals surface area contributed by atoms with Crippen molar-refractivity contribution < 1.29 is 22.6 Å². The van der Waals surface area contributed by atoms with Crippen LogP contribution in [-0.2, 0) is 16.6 Å². The molecule has 2 aliphatic rings. The van der Waals surface area contributed by atoms with Gasteiger partial charge in [0.1, 0.15) is 17.0 Å². The summed E-state index contributed by atoms with van der Waals surface area (Å²) in [6.45, 7) is 4.17. The predicted octanol–water partition coefficient (Wildman–Crippen LogP) is 4.81. The molecule has 0 unspecified atom stereocenters. The summed E-state index contributed by atoms with van der Waals surface area (Å²) in [5.74, 6) is 1.59. The highest BCUT2D eigenvalue weighted by Gasteiger charge is 2.34. The topological polar surface area (TPSA) is 78.0 Å². The molecule has 7 nitrogen and oxygen atoms in total. The summed E-state index contributed by atoms with van der Waals surface area (Å²) in [5.41, 5.74) is 1.02. The summed E-state index contributed by atoms with van der Waals surface area (Å²) < 4.78 is 45.9. The van der Waals surface area contributed by atoms with Crippen LogP contribution in [-0.4, -0.2) is 43.6 Å². The van der Waals surface area contributed by atoms with Crippen LogP contribution in [0.2, 0.25) is 0 Å². The lowest BCUT2D eigenvalue weighted by Crippen LogP contribution is -2.41. The predicted molar refractivity (Wildman–Crippen MR) is 127 cm³/mol. The maximum Gasteiger partial charge on any atom is 0.243 e. The van der Waals surface area contributed by atoms with Gasteiger partial charge in [0.15, 0.2) is 11.5 Å². The minimum atomic E-state index is -3.79. The second kappa shape index (κ2) is 9.35. The Morgan fingerprint density at radius 1 is 1.06 bits per heavy atom. The molecule has 0 saturated heterocycles. The fourth-order valence-electron chi connectivity index (χ4n) is 4.45. The molecule has 1 aliphatic heterocycles. The van der Waals surface area contributed by atoms with E-state index < -0.39 is 10.0 Å². The molecule has 0 atom stereocenters. The molecule has 2 heterocycles. The molecule has 33 heavy (non-hydrogen) atoms. The van der Waals surface area contributed by atoms with Crippen molar-refractivity contribution in [3.05, 3.63) is 47.8 Å². The maximum atomic E-state index is 13.8. The maximum absolute atomic E-state index is 13.8. The van der Waals surface area contributed by atoms with Gasteiger partial charge in [-0.25, -0.2) is 13.4 Å². The first-order valence-electron chi connectivity index (χ1n) is 11.4. The van der Waals surface area contributed by atoms with E-state index >= 15 is 0 Å². The summed E-state index contributed by atoms with van der Waals surface area (Å²) >= 11 is 0. The van der Waals surface area contributed by atoms with Gasteiger partial charge in [0.05, 0.1) is 31.4 Å². The van der Waals surface area contributed by atoms with Crippen LogP contribution in [0.3, 0.4) is 0 Å². The van der Waals surface area contributed by atoms with Crippen molar-refractivity contribution in [3.8, 4) is 17.2 Å². The Morgan fingerprint density at radius 2 is 1.79 bits per heavy atom. The van der Waals surface area contributed by atoms with Crippen LogP contribution in [0.4, 0.5) is 0 Å². The Morgan fingerprint density at radius 3 is 2.48 bits per heavy atom. The normalized spacial score (nSPS) is 18.0. The fraction of sp³-hybridized carbons (Fsp3) is 0.480. The molecule has 1 aromatic heterocycles. The molecule has 1 aliphatic carbocycles. The molecule has 0 spiro atoms. The Bertz CT molecular complexity index is 1140. The van der Waals surface area contributed by atoms with Gasteiger partial charge in [-0.2, -0.15) is 4.31 Å². The smallest absolute Gasteiger partial charge is 0.243 e. The Labute approximate surface area is 196 Å². The summed E-state index contributed by atoms with van der Waals surface area (Å²) in [7, 11) is -0.758. The van der Waals surface area contributed by atoms with Crippen molar-refractivity contribution in [2.45, 2.75) is 69.0 Å². The number of sulfonamides is 1. The lowest BCUT2D eigenvalue weighted by atomic mass is 9.95. The van der Waals surface area contributed by atoms with Gasteiger partial charge < -0.3 is 14.2 Å². The molecule has 1 aromatic carbocycles. The molecule has 8 heteroatoms. The van der Waals surface area contributed by atoms with Crippen LogP contribution in [0, 0.1) is 0 Å². The summed E-state index contributed by atoms with van der Waals surface area (Å²) in [5, 5.41) is 0. The van der Waals surface area contributed by atoms with Crippen molar-refractivity contribution in [1.82, 2.24) is 9.29 Å². The minimum absolute atomic E-state index is 0.0691. The van der Waals surface area contributed by atoms with Crippen LogP contribution >= 0.6 is 0 Å². The monoisotopic (exact) mass is 472 g/mol. The zero-order valence-corrected chi connectivity index (χ0v) is 20.5. The molecule has 0 radical (unpaired) electrons. The van der Waals surface area contributed by atoms with Gasteiger partial charge in [0.25, 0.3) is 0 Å². The van der Waals surface area contributed by atoms with Crippen LogP contribution in [0.5, 0.6) is 17.2 Å². The van der Waals surface area contributed by atoms with E-state index in [0.717, 1.165) is 37.8 Å². The lowest BCUT2D eigenvalue weighted by molar-refractivity contribution is 0.158. The fourth-order valence-corrected chi connectivity index (χ4v) is 6.12. The lowest BCUT2D eigenvalue weighted by Gasteiger charge is -2.33. The molecule has 178 valence electrons. The van der Waals surface area contributed by atoms with Gasteiger partial charge in [-0.05, 0) is 63.1 Å². The third kappa shape index (κ3) is 5.01. The van der Waals surface area contributed by atoms with Gasteiger partial charge in [0.2, 0.25) is 10.0 Å². The third-order valence-electron chi connectivity index (χ3n) is 6.22. The molecule has 0 N–H and O–H groups in total. The van der Waals surface area contributed by atoms with Crippen molar-refractivity contribution in [2.24, 2.45) is 0 Å². The molecule has 2 aromatic rings. The number of rotatable bonds is 7. The average Bonchev–Trinajstić information content (AvgIpc) is 2.82. The van der Waals surface area contributed by atoms with Crippen LogP contribution < -0.4 is 14.2 Å². The largest absolute Gasteiger partial charge is 0.493 e. The van der Waals surface area contributed by atoms with E-state index in [1.54, 1.807) is 16.4 Å². The molecular weight excluding hydrogens is 440 g/mol. The van der Waals surface area contributed by atoms with E-state index in [0.29, 0.717) is 22.9 Å². The number of hydrogen-bond donors (Lipinski definition) is 0. The molecule has 4 rings (SSSR count). The zero-order chi connectivity index (χ0) is 23.6. The van der Waals surface area contributed by atoms with E-state index in [4.69, 9.17) is 19.2 Å². The van der Waals surface area contributed by atoms with Gasteiger partial charge in [0, 0.05) is 12.1 Å². The third-order valence-corrected chi connectivity index (χ3v) is 8.11. The van der Waals surface area contributed by atoms with Gasteiger partial charge in [-0.1, -0.05) is 19.3 Å². The SMILES string of the molecule is COc1ccc(S(=O)(=O)N(Cc2ccc3c(n2)C=CC(C)(C)O3)C2CCCCC2)cc1OC. The summed E-state index contributed by atoms with van der Waals surface area (Å²) in [6.07, 6.45) is 8.76. The number of ether oxygens (including phenoxy) is 3. The van der Waals surface area contributed by atoms with E-state index in [2.05, 4.69) is 0 Å². The highest BCUT2D eigenvalue weighted by atomic mass is 32.2. The summed E-state index contributed by atoms with van der Waals surface area (Å²) in [4.78, 5) is 4.91. The van der Waals surface area contributed by atoms with E-state index in [9.17, 15) is 8.42 Å². The van der Waals surface area contributed by atoms with Gasteiger partial charge in [-0.15, -0.1) is 0 Å². The quantitative estimate of drug-likeness (QED) is 0.576. The number of hydrogen-bond acceptors (Lipinski definition) is 6. The first-order valence-corrected chi connectivity index (χ1v) is 12.8. The number of benzene rings is 1. The molecule has 0 amide bonds. The molecule has 1 saturated carbocycles. The average molecular weight is 473 g/mol. The standard InChI is InChI=1S/C25H32N2O5S/c1-25(2)15-14-21-22(32-25)12-10-18(26-21)17-27(19-8-6-5-7-9-19)33(28,29)20-11-13-23(30-3)24(16-20)31-4/h10-16,19H,5-9,17H2,1-4H3. The van der Waals surface area contributed by atoms with E-state index in [1.807, 2.05) is 38.1 Å². The molecule has 1 fully saturated rings. The minimum Gasteiger partial charge on any atom is -0.493 e. The zero-order valence-electron chi connectivity index (χ0n) is 19.7. The van der Waals surface area contributed by atoms with Gasteiger partial charge in [-0.3, -0.25) is 0 Å². The first kappa shape index (κ1) is 23.6. The Kier molecular flexibility index (Phi) is 6.68. The van der Waals surface area contributed by atoms with E-state index in [-0.39, 0.29) is 23.1 Å². The summed E-state index contributed by atoms with van der Waals surface area (Å²) in [6, 6.07) is 8.40. The molecule has 0 bridgehead atoms. The first-order chi connectivity index (χ1) is 15.7. The second-order valence-corrected chi connectivity index (χ2v) is 11.0. The van der Waals surface area contributed by atoms with Gasteiger partial charge >= 0.3 is 0 Å². The van der Waals surface area contributed by atoms with Crippen LogP contribution in [0.1, 0.15) is 57.3 Å². The van der Waals surface area contributed by atoms with E-state index in [1.165, 1.54) is 20.3 Å². The highest BCUT2D eigenvalue weighted by Crippen LogP contribution is 2.35. The number of fused-ring (bicyclic) bond motifs is 1. The van der Waals surface area contributed by atoms with Crippen LogP contribution in [0.15, 0.2) is 41.3 Å². The van der Waals surface area contributed by atoms with Crippen molar-refractivity contribution in [2.75, 3.05) is 14.2 Å². The number of methoxy groups -OCH3 is 2. The Balaban J connectivity index is 1.69. The second-order valence-electron chi connectivity index (χ2n) is 9.08. The number of nitrogens with zero attached hydrogens (tertiary/aromatic N) is 2. The van der Waals surface area contributed by atoms with Crippen molar-refractivity contribution in [3.63, 3.8) is 0 Å². The molecular formula is C25H32N2O5S. The highest BCUT2D eigenvalue weighted by molar-refractivity contribution is 7.89. The number of aromatic nitrogens is 1. The van der Waals surface area contributed by atoms with Crippen molar-refractivity contribution in [1.29, 1.82) is 0 Å². The number of pyridine rings is 1. The van der Waals surface area contributed by atoms with Crippen LogP contribution in [0.25, 0.3) is 6.08 Å². The Hall–Kier alpha value is -2.58.